The van der Waals surface area contributed by atoms with Gasteiger partial charge in [-0.15, -0.1) is 0 Å². The molecule has 2 aromatic rings. The third-order valence-electron chi connectivity index (χ3n) is 2.99. The number of phenolic OH excluding ortho intramolecular Hbond substituents is 1. The smallest absolute Gasteiger partial charge is 0.294 e. The van der Waals surface area contributed by atoms with Crippen LogP contribution in [-0.2, 0) is 10.1 Å². The maximum atomic E-state index is 11.3. The summed E-state index contributed by atoms with van der Waals surface area (Å²) in [4.78, 5) is -0.355. The summed E-state index contributed by atoms with van der Waals surface area (Å²) in [5.41, 5.74) is 6.49. The van der Waals surface area contributed by atoms with Crippen LogP contribution in [0.4, 0.5) is 11.4 Å². The fourth-order valence-electron chi connectivity index (χ4n) is 2.03. The summed E-state index contributed by atoms with van der Waals surface area (Å²) in [6.45, 7) is 1.38. The van der Waals surface area contributed by atoms with Crippen LogP contribution in [0.1, 0.15) is 5.56 Å². The molecule has 0 aliphatic heterocycles. The van der Waals surface area contributed by atoms with Crippen LogP contribution in [0, 0.1) is 6.92 Å². The molecule has 0 aromatic heterocycles. The number of rotatable bonds is 2. The lowest BCUT2D eigenvalue weighted by molar-refractivity contribution is 0.466. The van der Waals surface area contributed by atoms with Crippen molar-refractivity contribution < 1.29 is 18.1 Å². The molecule has 0 radical (unpaired) electrons. The quantitative estimate of drug-likeness (QED) is 0.445. The molecule has 2 aromatic carbocycles. The average molecular weight is 295 g/mol. The van der Waals surface area contributed by atoms with Crippen molar-refractivity contribution >= 4 is 32.3 Å². The Morgan fingerprint density at radius 1 is 1.30 bits per heavy atom. The number of nitrogens with two attached hydrogens (primary N) is 1. The van der Waals surface area contributed by atoms with E-state index in [-0.39, 0.29) is 27.3 Å². The first-order valence-corrected chi connectivity index (χ1v) is 7.03. The van der Waals surface area contributed by atoms with Gasteiger partial charge in [0, 0.05) is 18.0 Å². The topological polar surface area (TPSA) is 125 Å². The number of anilines is 1. The fourth-order valence-corrected chi connectivity index (χ4v) is 2.79. The van der Waals surface area contributed by atoms with E-state index in [1.165, 1.54) is 20.0 Å². The van der Waals surface area contributed by atoms with E-state index in [0.29, 0.717) is 11.1 Å². The van der Waals surface area contributed by atoms with Crippen molar-refractivity contribution in [2.45, 2.75) is 11.8 Å². The number of nitrogens with zero attached hydrogens (tertiary/aromatic N) is 2. The Morgan fingerprint density at radius 3 is 2.50 bits per heavy atom. The molecule has 0 aliphatic carbocycles. The van der Waals surface area contributed by atoms with Gasteiger partial charge >= 0.3 is 0 Å². The van der Waals surface area contributed by atoms with Crippen LogP contribution in [0.15, 0.2) is 33.3 Å². The van der Waals surface area contributed by atoms with Crippen molar-refractivity contribution in [3.05, 3.63) is 23.8 Å². The SMILES string of the molecule is CN=Nc1ccc2cc(S(=O)(=O)O)c(C)c(O)c2c1N. The number of benzene rings is 2. The number of nitrogen functional groups attached to an aromatic ring is 1. The highest BCUT2D eigenvalue weighted by Gasteiger charge is 2.20. The molecule has 0 amide bonds. The monoisotopic (exact) mass is 295 g/mol. The molecular formula is C12H13N3O4S. The van der Waals surface area contributed by atoms with E-state index in [9.17, 15) is 13.5 Å². The average Bonchev–Trinajstić information content (AvgIpc) is 2.35. The van der Waals surface area contributed by atoms with E-state index in [1.807, 2.05) is 0 Å². The minimum atomic E-state index is -4.42. The highest BCUT2D eigenvalue weighted by molar-refractivity contribution is 7.85. The van der Waals surface area contributed by atoms with Crippen molar-refractivity contribution in [1.82, 2.24) is 0 Å². The molecule has 0 fully saturated rings. The molecule has 0 bridgehead atoms. The van der Waals surface area contributed by atoms with Crippen molar-refractivity contribution in [2.24, 2.45) is 10.2 Å². The van der Waals surface area contributed by atoms with Gasteiger partial charge in [-0.25, -0.2) is 0 Å². The minimum Gasteiger partial charge on any atom is -0.507 e. The van der Waals surface area contributed by atoms with Crippen LogP contribution in [-0.4, -0.2) is 25.1 Å². The summed E-state index contributed by atoms with van der Waals surface area (Å²) in [6, 6.07) is 4.35. The first kappa shape index (κ1) is 14.2. The lowest BCUT2D eigenvalue weighted by atomic mass is 10.0. The molecule has 0 unspecified atom stereocenters. The number of azo groups is 1. The van der Waals surface area contributed by atoms with E-state index in [2.05, 4.69) is 10.2 Å². The number of hydrogen-bond acceptors (Lipinski definition) is 6. The van der Waals surface area contributed by atoms with Crippen molar-refractivity contribution in [3.63, 3.8) is 0 Å². The normalized spacial score (nSPS) is 12.3. The molecule has 0 saturated carbocycles. The van der Waals surface area contributed by atoms with E-state index < -0.39 is 10.1 Å². The third-order valence-corrected chi connectivity index (χ3v) is 3.97. The van der Waals surface area contributed by atoms with Gasteiger partial charge in [0.15, 0.2) is 0 Å². The second kappa shape index (κ2) is 4.73. The highest BCUT2D eigenvalue weighted by atomic mass is 32.2. The lowest BCUT2D eigenvalue weighted by Gasteiger charge is -2.12. The zero-order valence-electron chi connectivity index (χ0n) is 10.8. The molecule has 8 heteroatoms. The Labute approximate surface area is 115 Å². The molecule has 0 aliphatic rings. The number of phenols is 1. The van der Waals surface area contributed by atoms with E-state index in [1.54, 1.807) is 12.1 Å². The number of aromatic hydroxyl groups is 1. The second-order valence-electron chi connectivity index (χ2n) is 4.22. The number of hydrogen-bond donors (Lipinski definition) is 3. The predicted molar refractivity (Wildman–Crippen MR) is 75.0 cm³/mol. The summed E-state index contributed by atoms with van der Waals surface area (Å²) < 4.78 is 31.7. The summed E-state index contributed by atoms with van der Waals surface area (Å²) >= 11 is 0. The lowest BCUT2D eigenvalue weighted by Crippen LogP contribution is -2.02. The molecule has 0 saturated heterocycles. The zero-order chi connectivity index (χ0) is 15.1. The van der Waals surface area contributed by atoms with Crippen LogP contribution in [0.25, 0.3) is 10.8 Å². The van der Waals surface area contributed by atoms with Crippen LogP contribution in [0.3, 0.4) is 0 Å². The summed E-state index contributed by atoms with van der Waals surface area (Å²) in [5.74, 6) is -0.305. The summed E-state index contributed by atoms with van der Waals surface area (Å²) in [6.07, 6.45) is 0. The largest absolute Gasteiger partial charge is 0.507 e. The highest BCUT2D eigenvalue weighted by Crippen LogP contribution is 2.40. The Kier molecular flexibility index (Phi) is 3.36. The molecule has 7 nitrogen and oxygen atoms in total. The van der Waals surface area contributed by atoms with E-state index >= 15 is 0 Å². The van der Waals surface area contributed by atoms with Gasteiger partial charge in [-0.3, -0.25) is 4.55 Å². The molecule has 0 heterocycles. The van der Waals surface area contributed by atoms with Crippen LogP contribution in [0.5, 0.6) is 5.75 Å². The van der Waals surface area contributed by atoms with Gasteiger partial charge in [0.05, 0.1) is 5.69 Å². The third kappa shape index (κ3) is 2.19. The molecule has 4 N–H and O–H groups in total. The van der Waals surface area contributed by atoms with Crippen molar-refractivity contribution in [1.29, 1.82) is 0 Å². The Hall–Kier alpha value is -2.19. The van der Waals surface area contributed by atoms with Crippen molar-refractivity contribution in [2.75, 3.05) is 12.8 Å². The molecule has 0 spiro atoms. The first-order valence-electron chi connectivity index (χ1n) is 5.59. The molecule has 20 heavy (non-hydrogen) atoms. The summed E-state index contributed by atoms with van der Waals surface area (Å²) in [7, 11) is -2.94. The van der Waals surface area contributed by atoms with Crippen molar-refractivity contribution in [3.8, 4) is 5.75 Å². The van der Waals surface area contributed by atoms with Gasteiger partial charge < -0.3 is 10.8 Å². The van der Waals surface area contributed by atoms with Gasteiger partial charge in [0.1, 0.15) is 16.3 Å². The van der Waals surface area contributed by atoms with Crippen LogP contribution >= 0.6 is 0 Å². The Morgan fingerprint density at radius 2 is 1.95 bits per heavy atom. The standard InChI is InChI=1S/C12H13N3O4S/c1-6-9(20(17,18)19)5-7-3-4-8(15-14-2)11(13)10(7)12(6)16/h3-5,16H,13H2,1-2H3,(H,17,18,19). The number of fused-ring (bicyclic) bond motifs is 1. The maximum Gasteiger partial charge on any atom is 0.294 e. The van der Waals surface area contributed by atoms with Crippen LogP contribution < -0.4 is 5.73 Å². The zero-order valence-corrected chi connectivity index (χ0v) is 11.6. The first-order chi connectivity index (χ1) is 9.27. The van der Waals surface area contributed by atoms with Gasteiger partial charge in [0.2, 0.25) is 0 Å². The molecular weight excluding hydrogens is 282 g/mol. The Bertz CT molecular complexity index is 828. The van der Waals surface area contributed by atoms with Gasteiger partial charge in [-0.2, -0.15) is 18.6 Å². The second-order valence-corrected chi connectivity index (χ2v) is 5.61. The van der Waals surface area contributed by atoms with Gasteiger partial charge in [-0.1, -0.05) is 6.07 Å². The van der Waals surface area contributed by atoms with Gasteiger partial charge in [-0.05, 0) is 24.4 Å². The van der Waals surface area contributed by atoms with Gasteiger partial charge in [0.25, 0.3) is 10.1 Å². The van der Waals surface area contributed by atoms with E-state index in [0.717, 1.165) is 0 Å². The maximum absolute atomic E-state index is 11.3. The van der Waals surface area contributed by atoms with E-state index in [4.69, 9.17) is 10.3 Å². The molecule has 0 atom stereocenters. The molecule has 2 rings (SSSR count). The fraction of sp³-hybridized carbons (Fsp3) is 0.167. The Balaban J connectivity index is 2.94. The minimum absolute atomic E-state index is 0.0253. The van der Waals surface area contributed by atoms with Crippen LogP contribution in [0.2, 0.25) is 0 Å². The molecule has 106 valence electrons. The predicted octanol–water partition coefficient (Wildman–Crippen LogP) is 2.40. The summed E-state index contributed by atoms with van der Waals surface area (Å²) in [5, 5.41) is 18.2.